The van der Waals surface area contributed by atoms with Gasteiger partial charge in [0.2, 0.25) is 0 Å². The van der Waals surface area contributed by atoms with E-state index in [1.807, 2.05) is 13.8 Å². The second kappa shape index (κ2) is 2.49. The van der Waals surface area contributed by atoms with Crippen LogP contribution in [0.1, 0.15) is 26.7 Å². The lowest BCUT2D eigenvalue weighted by Gasteiger charge is -2.09. The minimum atomic E-state index is -0.126. The fourth-order valence-corrected chi connectivity index (χ4v) is 2.32. The summed E-state index contributed by atoms with van der Waals surface area (Å²) >= 11 is 1.54. The molecule has 1 heterocycles. The Morgan fingerprint density at radius 3 is 2.75 bits per heavy atom. The van der Waals surface area contributed by atoms with Gasteiger partial charge in [-0.3, -0.25) is 4.99 Å². The van der Waals surface area contributed by atoms with E-state index in [2.05, 4.69) is 10.1 Å². The van der Waals surface area contributed by atoms with E-state index in [0.717, 1.165) is 10.8 Å². The molecule has 0 amide bonds. The smallest absolute Gasteiger partial charge is 0.159 e. The molecular weight excluding hydrogens is 172 g/mol. The maximum Gasteiger partial charge on any atom is 0.159 e. The van der Waals surface area contributed by atoms with Crippen LogP contribution in [0.2, 0.25) is 0 Å². The zero-order valence-corrected chi connectivity index (χ0v) is 8.06. The van der Waals surface area contributed by atoms with Crippen LogP contribution in [-0.2, 0) is 0 Å². The van der Waals surface area contributed by atoms with Crippen LogP contribution in [0.15, 0.2) is 10.1 Å². The van der Waals surface area contributed by atoms with Gasteiger partial charge in [-0.2, -0.15) is 0 Å². The Morgan fingerprint density at radius 2 is 2.25 bits per heavy atom. The van der Waals surface area contributed by atoms with Gasteiger partial charge in [0, 0.05) is 5.92 Å². The number of nitrogens with zero attached hydrogens (tertiary/aromatic N) is 2. The highest BCUT2D eigenvalue weighted by molar-refractivity contribution is 8.17. The van der Waals surface area contributed by atoms with Gasteiger partial charge in [-0.15, -0.1) is 0 Å². The van der Waals surface area contributed by atoms with E-state index < -0.39 is 0 Å². The second-order valence-corrected chi connectivity index (χ2v) is 5.32. The van der Waals surface area contributed by atoms with Crippen LogP contribution in [0.25, 0.3) is 0 Å². The quantitative estimate of drug-likeness (QED) is 0.501. The van der Waals surface area contributed by atoms with Crippen molar-refractivity contribution in [2.75, 3.05) is 0 Å². The molecule has 0 bridgehead atoms. The molecule has 0 atom stereocenters. The molecule has 0 aromatic heterocycles. The lowest BCUT2D eigenvalue weighted by atomic mass is 10.2. The monoisotopic (exact) mass is 184 g/mol. The summed E-state index contributed by atoms with van der Waals surface area (Å²) in [5, 5.41) is 12.7. The van der Waals surface area contributed by atoms with Crippen molar-refractivity contribution >= 4 is 22.5 Å². The van der Waals surface area contributed by atoms with Crippen LogP contribution in [0.4, 0.5) is 0 Å². The predicted molar refractivity (Wildman–Crippen MR) is 51.1 cm³/mol. The number of aliphatic imine (C=N–C) groups is 1. The Balaban J connectivity index is 2.27. The Labute approximate surface area is 75.9 Å². The van der Waals surface area contributed by atoms with Crippen molar-refractivity contribution in [2.24, 2.45) is 16.1 Å². The molecule has 0 spiro atoms. The van der Waals surface area contributed by atoms with Crippen molar-refractivity contribution in [2.45, 2.75) is 31.6 Å². The average molecular weight is 184 g/mol. The summed E-state index contributed by atoms with van der Waals surface area (Å²) in [5.74, 6) is 0.574. The molecule has 12 heavy (non-hydrogen) atoms. The summed E-state index contributed by atoms with van der Waals surface area (Å²) in [6.45, 7) is 4.08. The maximum absolute atomic E-state index is 8.73. The summed E-state index contributed by atoms with van der Waals surface area (Å²) in [5.41, 5.74) is 1.02. The molecule has 3 nitrogen and oxygen atoms in total. The van der Waals surface area contributed by atoms with Crippen molar-refractivity contribution in [1.82, 2.24) is 0 Å². The van der Waals surface area contributed by atoms with Crippen molar-refractivity contribution < 1.29 is 5.21 Å². The first-order valence-corrected chi connectivity index (χ1v) is 4.95. The van der Waals surface area contributed by atoms with Gasteiger partial charge in [-0.1, -0.05) is 16.9 Å². The minimum Gasteiger partial charge on any atom is -0.410 e. The number of oxime groups is 1. The molecule has 0 aromatic carbocycles. The number of hydrogen-bond donors (Lipinski definition) is 1. The van der Waals surface area contributed by atoms with Crippen LogP contribution in [0.3, 0.4) is 0 Å². The molecule has 0 radical (unpaired) electrons. The highest BCUT2D eigenvalue weighted by atomic mass is 32.2. The first kappa shape index (κ1) is 8.10. The molecule has 0 unspecified atom stereocenters. The molecule has 4 heteroatoms. The maximum atomic E-state index is 8.73. The third-order valence-electron chi connectivity index (χ3n) is 2.01. The fourth-order valence-electron chi connectivity index (χ4n) is 1.34. The molecule has 1 aliphatic carbocycles. The SMILES string of the molecule is CC1(C)N=C(C2CC2)/C(=N\O)S1. The van der Waals surface area contributed by atoms with Gasteiger partial charge in [-0.05, 0) is 26.7 Å². The van der Waals surface area contributed by atoms with E-state index in [9.17, 15) is 0 Å². The van der Waals surface area contributed by atoms with Crippen molar-refractivity contribution in [3.8, 4) is 0 Å². The van der Waals surface area contributed by atoms with Crippen molar-refractivity contribution in [3.05, 3.63) is 0 Å². The van der Waals surface area contributed by atoms with Gasteiger partial charge in [0.05, 0.1) is 5.71 Å². The van der Waals surface area contributed by atoms with Gasteiger partial charge < -0.3 is 5.21 Å². The summed E-state index contributed by atoms with van der Waals surface area (Å²) < 4.78 is 0. The third kappa shape index (κ3) is 1.35. The first-order chi connectivity index (χ1) is 5.62. The summed E-state index contributed by atoms with van der Waals surface area (Å²) in [4.78, 5) is 4.40. The molecule has 0 aromatic rings. The highest BCUT2D eigenvalue weighted by Gasteiger charge is 2.39. The average Bonchev–Trinajstić information content (AvgIpc) is 2.76. The molecule has 66 valence electrons. The van der Waals surface area contributed by atoms with E-state index in [1.54, 1.807) is 11.8 Å². The fraction of sp³-hybridized carbons (Fsp3) is 0.750. The Bertz CT molecular complexity index is 266. The third-order valence-corrected chi connectivity index (χ3v) is 3.09. The Morgan fingerprint density at radius 1 is 1.58 bits per heavy atom. The summed E-state index contributed by atoms with van der Waals surface area (Å²) in [7, 11) is 0. The predicted octanol–water partition coefficient (Wildman–Crippen LogP) is 2.11. The molecule has 1 saturated carbocycles. The van der Waals surface area contributed by atoms with Crippen LogP contribution < -0.4 is 0 Å². The lowest BCUT2D eigenvalue weighted by Crippen LogP contribution is -2.07. The number of hydrogen-bond acceptors (Lipinski definition) is 4. The molecule has 2 aliphatic rings. The minimum absolute atomic E-state index is 0.126. The standard InChI is InChI=1S/C8H12N2OS/c1-8(2)9-6(5-3-4-5)7(10-11)12-8/h5,11H,3-4H2,1-2H3/b10-7+. The normalized spacial score (nSPS) is 30.8. The van der Waals surface area contributed by atoms with Gasteiger partial charge in [-0.25, -0.2) is 0 Å². The van der Waals surface area contributed by atoms with Crippen LogP contribution in [0.5, 0.6) is 0 Å². The molecule has 1 aliphatic heterocycles. The highest BCUT2D eigenvalue weighted by Crippen LogP contribution is 2.42. The lowest BCUT2D eigenvalue weighted by molar-refractivity contribution is 0.321. The number of thioether (sulfide) groups is 1. The number of rotatable bonds is 1. The summed E-state index contributed by atoms with van der Waals surface area (Å²) in [6, 6.07) is 0. The van der Waals surface area contributed by atoms with E-state index in [1.165, 1.54) is 12.8 Å². The first-order valence-electron chi connectivity index (χ1n) is 4.13. The van der Waals surface area contributed by atoms with Crippen molar-refractivity contribution in [3.63, 3.8) is 0 Å². The van der Waals surface area contributed by atoms with E-state index in [-0.39, 0.29) is 4.87 Å². The molecular formula is C8H12N2OS. The molecule has 1 N–H and O–H groups in total. The Hall–Kier alpha value is -0.510. The van der Waals surface area contributed by atoms with E-state index >= 15 is 0 Å². The van der Waals surface area contributed by atoms with Crippen LogP contribution >= 0.6 is 11.8 Å². The summed E-state index contributed by atoms with van der Waals surface area (Å²) in [6.07, 6.45) is 2.41. The van der Waals surface area contributed by atoms with E-state index in [4.69, 9.17) is 5.21 Å². The topological polar surface area (TPSA) is 45.0 Å². The van der Waals surface area contributed by atoms with Crippen LogP contribution in [0, 0.1) is 5.92 Å². The molecule has 0 saturated heterocycles. The van der Waals surface area contributed by atoms with Gasteiger partial charge in [0.1, 0.15) is 4.87 Å². The van der Waals surface area contributed by atoms with Gasteiger partial charge in [0.15, 0.2) is 5.04 Å². The van der Waals surface area contributed by atoms with Crippen LogP contribution in [-0.4, -0.2) is 20.8 Å². The van der Waals surface area contributed by atoms with E-state index in [0.29, 0.717) is 5.92 Å². The van der Waals surface area contributed by atoms with Crippen molar-refractivity contribution in [1.29, 1.82) is 0 Å². The Kier molecular flexibility index (Phi) is 1.68. The zero-order valence-electron chi connectivity index (χ0n) is 7.24. The molecule has 1 fully saturated rings. The van der Waals surface area contributed by atoms with Gasteiger partial charge in [0.25, 0.3) is 0 Å². The van der Waals surface area contributed by atoms with Gasteiger partial charge >= 0.3 is 0 Å². The zero-order chi connectivity index (χ0) is 8.77. The second-order valence-electron chi connectivity index (χ2n) is 3.73. The largest absolute Gasteiger partial charge is 0.410 e. The molecule has 2 rings (SSSR count).